The zero-order valence-corrected chi connectivity index (χ0v) is 37.4. The van der Waals surface area contributed by atoms with Crippen molar-refractivity contribution < 1.29 is 27.8 Å². The van der Waals surface area contributed by atoms with Crippen LogP contribution in [0, 0.1) is 23.7 Å². The molecule has 5 aromatic carbocycles. The lowest BCUT2D eigenvalue weighted by molar-refractivity contribution is -0.276. The third-order valence-electron chi connectivity index (χ3n) is 13.2. The van der Waals surface area contributed by atoms with Gasteiger partial charge in [0.1, 0.15) is 6.04 Å². The molecule has 3 N–H and O–H groups in total. The molecule has 1 saturated carbocycles. The molecule has 8 rings (SSSR count). The summed E-state index contributed by atoms with van der Waals surface area (Å²) in [7, 11) is -3.97. The molecular weight excluding hydrogens is 795 g/mol. The number of nitrogens with one attached hydrogen (secondary N) is 2. The first-order valence-corrected chi connectivity index (χ1v) is 23.5. The fraction of sp³-hybridized carbons (Fsp3) is 0.404. The van der Waals surface area contributed by atoms with Gasteiger partial charge in [0.15, 0.2) is 6.29 Å². The first-order chi connectivity index (χ1) is 29.7. The van der Waals surface area contributed by atoms with E-state index in [9.17, 15) is 18.3 Å². The summed E-state index contributed by atoms with van der Waals surface area (Å²) >= 11 is 0. The van der Waals surface area contributed by atoms with Gasteiger partial charge in [-0.3, -0.25) is 9.69 Å². The summed E-state index contributed by atoms with van der Waals surface area (Å²) < 4.78 is 43.4. The van der Waals surface area contributed by atoms with E-state index in [0.717, 1.165) is 57.6 Å². The number of sulfonamides is 1. The fourth-order valence-electron chi connectivity index (χ4n) is 10.4. The minimum atomic E-state index is -3.97. The van der Waals surface area contributed by atoms with Gasteiger partial charge in [-0.2, -0.15) is 4.72 Å². The largest absolute Gasteiger partial charge is 0.392 e. The Morgan fingerprint density at radius 3 is 2.23 bits per heavy atom. The van der Waals surface area contributed by atoms with Gasteiger partial charge in [-0.15, -0.1) is 0 Å². The molecule has 5 aromatic rings. The highest BCUT2D eigenvalue weighted by atomic mass is 32.2. The highest BCUT2D eigenvalue weighted by molar-refractivity contribution is 7.89. The number of fused-ring (bicyclic) bond motifs is 2. The van der Waals surface area contributed by atoms with E-state index < -0.39 is 28.3 Å². The Bertz CT molecular complexity index is 2440. The lowest BCUT2D eigenvalue weighted by Gasteiger charge is -2.43. The molecule has 62 heavy (non-hydrogen) atoms. The van der Waals surface area contributed by atoms with E-state index in [-0.39, 0.29) is 42.6 Å². The molecule has 2 bridgehead atoms. The highest BCUT2D eigenvalue weighted by Gasteiger charge is 2.51. The van der Waals surface area contributed by atoms with Crippen molar-refractivity contribution in [3.8, 4) is 11.1 Å². The standard InChI is InChI=1S/C52H61N3O6S/c1-35-17-23-45(24-18-35)62(58,59)54-46(26-37-11-7-6-8-12-37)49(57)53-30-39-13-9-14-41(25-39)42-15-10-16-43(27-42)50-60-47(31-55-34-52(5)29-44(55)28-51(3,4)33-52)36(2)48(61-50)40-21-19-38(32-56)20-22-40/h6-25,27,36,44,46-48,50,54,56H,26,28-34H2,1-5H3,(H,53,57). The van der Waals surface area contributed by atoms with Gasteiger partial charge < -0.3 is 19.9 Å². The zero-order chi connectivity index (χ0) is 43.6. The number of carbonyl (C=O) groups excluding carboxylic acids is 1. The molecule has 0 radical (unpaired) electrons. The van der Waals surface area contributed by atoms with Crippen molar-refractivity contribution in [1.82, 2.24) is 14.9 Å². The normalized spacial score (nSPS) is 25.3. The van der Waals surface area contributed by atoms with Crippen LogP contribution in [0.4, 0.5) is 0 Å². The summed E-state index contributed by atoms with van der Waals surface area (Å²) in [5.41, 5.74) is 8.11. The van der Waals surface area contributed by atoms with Crippen LogP contribution in [0.2, 0.25) is 0 Å². The summed E-state index contributed by atoms with van der Waals surface area (Å²) in [6, 6.07) is 39.9. The quantitative estimate of drug-likeness (QED) is 0.102. The number of carbonyl (C=O) groups is 1. The maximum Gasteiger partial charge on any atom is 0.241 e. The van der Waals surface area contributed by atoms with E-state index in [0.29, 0.717) is 16.9 Å². The molecule has 326 valence electrons. The second-order valence-corrected chi connectivity index (χ2v) is 20.9. The summed E-state index contributed by atoms with van der Waals surface area (Å²) in [6.45, 7) is 13.5. The number of benzene rings is 5. The molecular formula is C52H61N3O6S. The molecule has 7 unspecified atom stereocenters. The number of likely N-dealkylation sites (tertiary alicyclic amines) is 1. The van der Waals surface area contributed by atoms with Crippen LogP contribution in [-0.4, -0.2) is 55.6 Å². The molecule has 2 saturated heterocycles. The second-order valence-electron chi connectivity index (χ2n) is 19.2. The maximum atomic E-state index is 13.8. The second kappa shape index (κ2) is 18.2. The van der Waals surface area contributed by atoms with Crippen molar-refractivity contribution >= 4 is 15.9 Å². The lowest BCUT2D eigenvalue weighted by atomic mass is 9.65. The first-order valence-electron chi connectivity index (χ1n) is 22.0. The Balaban J connectivity index is 0.999. The highest BCUT2D eigenvalue weighted by Crippen LogP contribution is 2.53. The van der Waals surface area contributed by atoms with E-state index in [2.05, 4.69) is 79.0 Å². The Morgan fingerprint density at radius 1 is 0.806 bits per heavy atom. The van der Waals surface area contributed by atoms with Crippen molar-refractivity contribution in [2.45, 2.75) is 109 Å². The van der Waals surface area contributed by atoms with Gasteiger partial charge in [0.25, 0.3) is 0 Å². The molecule has 1 amide bonds. The van der Waals surface area contributed by atoms with Gasteiger partial charge in [-0.05, 0) is 101 Å². The number of nitrogens with zero attached hydrogens (tertiary/aromatic N) is 1. The average molecular weight is 856 g/mol. The number of ether oxygens (including phenoxy) is 2. The Labute approximate surface area is 367 Å². The number of rotatable bonds is 14. The molecule has 7 atom stereocenters. The molecule has 0 spiro atoms. The number of hydrogen-bond donors (Lipinski definition) is 3. The number of hydrogen-bond acceptors (Lipinski definition) is 7. The van der Waals surface area contributed by atoms with E-state index in [1.807, 2.05) is 73.7 Å². The van der Waals surface area contributed by atoms with Gasteiger partial charge in [-0.1, -0.05) is 136 Å². The van der Waals surface area contributed by atoms with Crippen LogP contribution in [0.5, 0.6) is 0 Å². The minimum absolute atomic E-state index is 0.00755. The summed E-state index contributed by atoms with van der Waals surface area (Å²) in [5.74, 6) is -0.323. The number of aryl methyl sites for hydroxylation is 1. The smallest absolute Gasteiger partial charge is 0.241 e. The Kier molecular flexibility index (Phi) is 12.9. The molecule has 3 aliphatic rings. The molecule has 2 aliphatic heterocycles. The SMILES string of the molecule is Cc1ccc(S(=O)(=O)NC(Cc2ccccc2)C(=O)NCc2cccc(-c3cccc(C4OC(CN5CC6(C)CC5CC(C)(C)C6)C(C)C(c5ccc(CO)cc5)O4)c3)c2)cc1. The topological polar surface area (TPSA) is 117 Å². The van der Waals surface area contributed by atoms with Crippen molar-refractivity contribution in [2.24, 2.45) is 16.7 Å². The molecule has 1 aliphatic carbocycles. The van der Waals surface area contributed by atoms with Gasteiger partial charge in [0.2, 0.25) is 15.9 Å². The lowest BCUT2D eigenvalue weighted by Crippen LogP contribution is -2.47. The van der Waals surface area contributed by atoms with Gasteiger partial charge >= 0.3 is 0 Å². The average Bonchev–Trinajstić information content (AvgIpc) is 3.50. The van der Waals surface area contributed by atoms with Crippen LogP contribution >= 0.6 is 0 Å². The van der Waals surface area contributed by atoms with E-state index in [1.165, 1.54) is 19.3 Å². The van der Waals surface area contributed by atoms with Crippen LogP contribution in [0.3, 0.4) is 0 Å². The van der Waals surface area contributed by atoms with Gasteiger partial charge in [0, 0.05) is 37.2 Å². The summed E-state index contributed by atoms with van der Waals surface area (Å²) in [6.07, 6.45) is 3.00. The van der Waals surface area contributed by atoms with Crippen LogP contribution < -0.4 is 10.0 Å². The predicted molar refractivity (Wildman–Crippen MR) is 243 cm³/mol. The molecule has 10 heteroatoms. The Morgan fingerprint density at radius 2 is 1.50 bits per heavy atom. The van der Waals surface area contributed by atoms with Crippen molar-refractivity contribution in [2.75, 3.05) is 13.1 Å². The summed E-state index contributed by atoms with van der Waals surface area (Å²) in [4.78, 5) is 16.6. The number of aliphatic hydroxyl groups is 1. The van der Waals surface area contributed by atoms with Crippen LogP contribution in [0.15, 0.2) is 132 Å². The first kappa shape index (κ1) is 43.9. The number of aliphatic hydroxyl groups excluding tert-OH is 1. The van der Waals surface area contributed by atoms with Crippen molar-refractivity contribution in [3.63, 3.8) is 0 Å². The zero-order valence-electron chi connectivity index (χ0n) is 36.6. The molecule has 2 heterocycles. The fourth-order valence-corrected chi connectivity index (χ4v) is 11.6. The third kappa shape index (κ3) is 10.2. The molecule has 0 aromatic heterocycles. The van der Waals surface area contributed by atoms with Crippen LogP contribution in [-0.2, 0) is 43.9 Å². The van der Waals surface area contributed by atoms with Crippen molar-refractivity contribution in [1.29, 1.82) is 0 Å². The summed E-state index contributed by atoms with van der Waals surface area (Å²) in [5, 5.41) is 12.8. The number of amides is 1. The molecule has 9 nitrogen and oxygen atoms in total. The predicted octanol–water partition coefficient (Wildman–Crippen LogP) is 9.05. The minimum Gasteiger partial charge on any atom is -0.392 e. The van der Waals surface area contributed by atoms with Gasteiger partial charge in [0.05, 0.1) is 23.7 Å². The maximum absolute atomic E-state index is 13.8. The Hall–Kier alpha value is -4.68. The van der Waals surface area contributed by atoms with Crippen LogP contribution in [0.1, 0.15) is 92.7 Å². The van der Waals surface area contributed by atoms with E-state index in [1.54, 1.807) is 24.3 Å². The third-order valence-corrected chi connectivity index (χ3v) is 14.7. The van der Waals surface area contributed by atoms with Crippen LogP contribution in [0.25, 0.3) is 11.1 Å². The molecule has 3 fully saturated rings. The van der Waals surface area contributed by atoms with E-state index in [4.69, 9.17) is 9.47 Å². The monoisotopic (exact) mass is 855 g/mol. The van der Waals surface area contributed by atoms with E-state index >= 15 is 0 Å². The van der Waals surface area contributed by atoms with Crippen molar-refractivity contribution in [3.05, 3.63) is 161 Å². The van der Waals surface area contributed by atoms with Gasteiger partial charge in [-0.25, -0.2) is 8.42 Å².